The Kier molecular flexibility index (Phi) is 4.26. The molecule has 6 heteroatoms. The molecule has 0 amide bonds. The molecule has 21 heavy (non-hydrogen) atoms. The van der Waals surface area contributed by atoms with Crippen LogP contribution in [0.1, 0.15) is 19.5 Å². The first-order chi connectivity index (χ1) is 10.2. The Balaban J connectivity index is 1.89. The summed E-state index contributed by atoms with van der Waals surface area (Å²) in [6, 6.07) is 6.06. The summed E-state index contributed by atoms with van der Waals surface area (Å²) in [7, 11) is 0. The number of hydrogen-bond acceptors (Lipinski definition) is 4. The van der Waals surface area contributed by atoms with E-state index in [0.29, 0.717) is 5.92 Å². The minimum atomic E-state index is 0.630. The number of imidazole rings is 2. The van der Waals surface area contributed by atoms with Crippen LogP contribution in [0.5, 0.6) is 0 Å². The average Bonchev–Trinajstić information content (AvgIpc) is 3.07. The molecule has 0 aromatic carbocycles. The van der Waals surface area contributed by atoms with Gasteiger partial charge in [-0.2, -0.15) is 0 Å². The zero-order valence-corrected chi connectivity index (χ0v) is 13.0. The average molecular weight is 301 g/mol. The van der Waals surface area contributed by atoms with Gasteiger partial charge in [0.2, 0.25) is 0 Å². The number of aromatic nitrogens is 4. The minimum Gasteiger partial charge on any atom is -0.339 e. The van der Waals surface area contributed by atoms with E-state index in [4.69, 9.17) is 4.98 Å². The molecule has 3 aromatic rings. The van der Waals surface area contributed by atoms with Crippen molar-refractivity contribution in [3.05, 3.63) is 42.5 Å². The predicted octanol–water partition coefficient (Wildman–Crippen LogP) is 2.95. The first-order valence-electron chi connectivity index (χ1n) is 7.08. The summed E-state index contributed by atoms with van der Waals surface area (Å²) in [5, 5.41) is 5.35. The van der Waals surface area contributed by atoms with Gasteiger partial charge in [-0.3, -0.25) is 0 Å². The summed E-state index contributed by atoms with van der Waals surface area (Å²) in [5.41, 5.74) is 2.14. The molecule has 3 aromatic heterocycles. The second-order valence-electron chi connectivity index (χ2n) is 5.31. The van der Waals surface area contributed by atoms with Crippen LogP contribution in [-0.4, -0.2) is 25.9 Å². The fourth-order valence-electron chi connectivity index (χ4n) is 2.14. The van der Waals surface area contributed by atoms with Crippen LogP contribution in [0.3, 0.4) is 0 Å². The smallest absolute Gasteiger partial charge is 0.171 e. The topological polar surface area (TPSA) is 58.0 Å². The van der Waals surface area contributed by atoms with Crippen molar-refractivity contribution in [2.75, 3.05) is 6.54 Å². The third-order valence-corrected chi connectivity index (χ3v) is 4.04. The lowest BCUT2D eigenvalue weighted by Crippen LogP contribution is -2.20. The molecule has 0 saturated carbocycles. The highest BCUT2D eigenvalue weighted by molar-refractivity contribution is 7.99. The fraction of sp³-hybridized carbons (Fsp3) is 0.333. The van der Waals surface area contributed by atoms with E-state index >= 15 is 0 Å². The van der Waals surface area contributed by atoms with Crippen LogP contribution >= 0.6 is 11.8 Å². The standard InChI is InChI=1S/C15H19N5S/c1-11(2)9-16-10-12-14(21-15-17-6-7-18-15)19-13-5-3-4-8-20(12)13/h3-8,11,16H,9-10H2,1-2H3,(H,17,18). The molecular formula is C15H19N5S. The van der Waals surface area contributed by atoms with Gasteiger partial charge in [-0.05, 0) is 36.4 Å². The Morgan fingerprint density at radius 2 is 2.29 bits per heavy atom. The monoisotopic (exact) mass is 301 g/mol. The molecule has 0 radical (unpaired) electrons. The van der Waals surface area contributed by atoms with Crippen LogP contribution in [0.2, 0.25) is 0 Å². The van der Waals surface area contributed by atoms with Crippen LogP contribution in [0, 0.1) is 5.92 Å². The second-order valence-corrected chi connectivity index (χ2v) is 6.29. The van der Waals surface area contributed by atoms with Crippen molar-refractivity contribution < 1.29 is 0 Å². The van der Waals surface area contributed by atoms with Crippen molar-refractivity contribution in [3.8, 4) is 0 Å². The Labute approximate surface area is 128 Å². The molecule has 0 atom stereocenters. The number of pyridine rings is 1. The Morgan fingerprint density at radius 1 is 1.38 bits per heavy atom. The van der Waals surface area contributed by atoms with Gasteiger partial charge in [-0.1, -0.05) is 19.9 Å². The first kappa shape index (κ1) is 14.2. The van der Waals surface area contributed by atoms with Crippen LogP contribution in [0.25, 0.3) is 5.65 Å². The minimum absolute atomic E-state index is 0.630. The first-order valence-corrected chi connectivity index (χ1v) is 7.89. The van der Waals surface area contributed by atoms with Crippen molar-refractivity contribution in [2.45, 2.75) is 30.6 Å². The van der Waals surface area contributed by atoms with E-state index in [0.717, 1.165) is 28.9 Å². The normalized spacial score (nSPS) is 11.6. The molecule has 110 valence electrons. The number of nitrogens with zero attached hydrogens (tertiary/aromatic N) is 3. The summed E-state index contributed by atoms with van der Waals surface area (Å²) in [4.78, 5) is 12.1. The van der Waals surface area contributed by atoms with Crippen LogP contribution in [0.4, 0.5) is 0 Å². The lowest BCUT2D eigenvalue weighted by molar-refractivity contribution is 0.544. The third kappa shape index (κ3) is 3.28. The molecule has 0 unspecified atom stereocenters. The Morgan fingerprint density at radius 3 is 3.05 bits per heavy atom. The van der Waals surface area contributed by atoms with Crippen molar-refractivity contribution in [1.29, 1.82) is 0 Å². The molecule has 5 nitrogen and oxygen atoms in total. The van der Waals surface area contributed by atoms with Crippen LogP contribution < -0.4 is 5.32 Å². The van der Waals surface area contributed by atoms with E-state index in [-0.39, 0.29) is 0 Å². The van der Waals surface area contributed by atoms with Crippen molar-refractivity contribution in [1.82, 2.24) is 24.7 Å². The van der Waals surface area contributed by atoms with Crippen molar-refractivity contribution >= 4 is 17.4 Å². The van der Waals surface area contributed by atoms with E-state index in [1.54, 1.807) is 18.0 Å². The highest BCUT2D eigenvalue weighted by atomic mass is 32.2. The SMILES string of the molecule is CC(C)CNCc1c(Sc2ncc[nH]2)nc2ccccn12. The highest BCUT2D eigenvalue weighted by Crippen LogP contribution is 2.28. The molecule has 3 rings (SSSR count). The van der Waals surface area contributed by atoms with Crippen molar-refractivity contribution in [2.24, 2.45) is 5.92 Å². The van der Waals surface area contributed by atoms with Gasteiger partial charge >= 0.3 is 0 Å². The molecule has 0 aliphatic carbocycles. The number of hydrogen-bond donors (Lipinski definition) is 2. The molecule has 0 aliphatic heterocycles. The van der Waals surface area contributed by atoms with E-state index in [1.807, 2.05) is 24.4 Å². The Bertz CT molecular complexity index is 702. The van der Waals surface area contributed by atoms with E-state index in [2.05, 4.69) is 39.7 Å². The van der Waals surface area contributed by atoms with E-state index in [1.165, 1.54) is 5.69 Å². The van der Waals surface area contributed by atoms with Gasteiger partial charge in [0, 0.05) is 25.1 Å². The van der Waals surface area contributed by atoms with E-state index < -0.39 is 0 Å². The maximum atomic E-state index is 4.71. The van der Waals surface area contributed by atoms with Gasteiger partial charge in [-0.15, -0.1) is 0 Å². The molecule has 3 heterocycles. The lowest BCUT2D eigenvalue weighted by Gasteiger charge is -2.08. The fourth-order valence-corrected chi connectivity index (χ4v) is 3.00. The summed E-state index contributed by atoms with van der Waals surface area (Å²) in [6.07, 6.45) is 5.64. The number of rotatable bonds is 6. The van der Waals surface area contributed by atoms with Crippen LogP contribution in [-0.2, 0) is 6.54 Å². The maximum absolute atomic E-state index is 4.71. The zero-order valence-electron chi connectivity index (χ0n) is 12.2. The predicted molar refractivity (Wildman–Crippen MR) is 84.4 cm³/mol. The lowest BCUT2D eigenvalue weighted by atomic mass is 10.2. The molecule has 0 fully saturated rings. The molecule has 0 bridgehead atoms. The molecular weight excluding hydrogens is 282 g/mol. The van der Waals surface area contributed by atoms with Crippen LogP contribution in [0.15, 0.2) is 47.0 Å². The zero-order chi connectivity index (χ0) is 14.7. The Hall–Kier alpha value is -1.79. The number of H-pyrrole nitrogens is 1. The largest absolute Gasteiger partial charge is 0.339 e. The van der Waals surface area contributed by atoms with Gasteiger partial charge in [0.05, 0.1) is 5.69 Å². The molecule has 0 spiro atoms. The maximum Gasteiger partial charge on any atom is 0.171 e. The van der Waals surface area contributed by atoms with E-state index in [9.17, 15) is 0 Å². The number of aromatic amines is 1. The third-order valence-electron chi connectivity index (χ3n) is 3.10. The molecule has 0 aliphatic rings. The van der Waals surface area contributed by atoms with Gasteiger partial charge in [0.1, 0.15) is 10.7 Å². The second kappa shape index (κ2) is 6.32. The summed E-state index contributed by atoms with van der Waals surface area (Å²) in [6.45, 7) is 6.21. The molecule has 0 saturated heterocycles. The summed E-state index contributed by atoms with van der Waals surface area (Å²) in [5.74, 6) is 0.630. The van der Waals surface area contributed by atoms with Gasteiger partial charge < -0.3 is 14.7 Å². The highest BCUT2D eigenvalue weighted by Gasteiger charge is 2.14. The quantitative estimate of drug-likeness (QED) is 0.735. The van der Waals surface area contributed by atoms with Gasteiger partial charge in [-0.25, -0.2) is 9.97 Å². The number of fused-ring (bicyclic) bond motifs is 1. The molecule has 2 N–H and O–H groups in total. The van der Waals surface area contributed by atoms with Crippen molar-refractivity contribution in [3.63, 3.8) is 0 Å². The van der Waals surface area contributed by atoms with Gasteiger partial charge in [0.15, 0.2) is 5.16 Å². The van der Waals surface area contributed by atoms with Gasteiger partial charge in [0.25, 0.3) is 0 Å². The summed E-state index contributed by atoms with van der Waals surface area (Å²) < 4.78 is 2.14. The summed E-state index contributed by atoms with van der Waals surface area (Å²) >= 11 is 1.57. The number of nitrogens with one attached hydrogen (secondary N) is 2.